The molecular formula is C15H17ClN2. The summed E-state index contributed by atoms with van der Waals surface area (Å²) in [7, 11) is 0. The van der Waals surface area contributed by atoms with Crippen molar-refractivity contribution < 1.29 is 0 Å². The van der Waals surface area contributed by atoms with Gasteiger partial charge in [0.05, 0.1) is 0 Å². The number of nitrogens with one attached hydrogen (secondary N) is 1. The molecule has 0 bridgehead atoms. The molecule has 0 amide bonds. The van der Waals surface area contributed by atoms with Gasteiger partial charge < -0.3 is 11.1 Å². The number of halogens is 1. The molecule has 1 atom stereocenters. The summed E-state index contributed by atoms with van der Waals surface area (Å²) in [5, 5.41) is 4.21. The first-order chi connectivity index (χ1) is 8.58. The quantitative estimate of drug-likeness (QED) is 0.803. The zero-order valence-electron chi connectivity index (χ0n) is 10.6. The van der Waals surface area contributed by atoms with Gasteiger partial charge in [-0.3, -0.25) is 0 Å². The molecule has 0 aliphatic heterocycles. The van der Waals surface area contributed by atoms with Crippen LogP contribution in [0, 0.1) is 6.92 Å². The summed E-state index contributed by atoms with van der Waals surface area (Å²) < 4.78 is 0. The first-order valence-electron chi connectivity index (χ1n) is 5.95. The van der Waals surface area contributed by atoms with Gasteiger partial charge in [0.25, 0.3) is 0 Å². The molecule has 2 rings (SSSR count). The molecule has 3 heteroatoms. The van der Waals surface area contributed by atoms with Crippen LogP contribution in [-0.2, 0) is 0 Å². The predicted molar refractivity (Wildman–Crippen MR) is 79.1 cm³/mol. The van der Waals surface area contributed by atoms with Crippen molar-refractivity contribution >= 4 is 23.0 Å². The minimum atomic E-state index is 0.154. The largest absolute Gasteiger partial charge is 0.399 e. The summed E-state index contributed by atoms with van der Waals surface area (Å²) in [4.78, 5) is 0. The van der Waals surface area contributed by atoms with E-state index in [4.69, 9.17) is 17.3 Å². The topological polar surface area (TPSA) is 38.0 Å². The van der Waals surface area contributed by atoms with Crippen molar-refractivity contribution in [2.45, 2.75) is 19.9 Å². The molecule has 2 nitrogen and oxygen atoms in total. The Morgan fingerprint density at radius 1 is 1.17 bits per heavy atom. The van der Waals surface area contributed by atoms with Gasteiger partial charge in [-0.15, -0.1) is 0 Å². The second kappa shape index (κ2) is 5.32. The van der Waals surface area contributed by atoms with Gasteiger partial charge >= 0.3 is 0 Å². The second-order valence-corrected chi connectivity index (χ2v) is 4.87. The van der Waals surface area contributed by atoms with Crippen LogP contribution < -0.4 is 11.1 Å². The Hall–Kier alpha value is -1.67. The highest BCUT2D eigenvalue weighted by Crippen LogP contribution is 2.26. The van der Waals surface area contributed by atoms with E-state index in [0.717, 1.165) is 27.5 Å². The smallest absolute Gasteiger partial charge is 0.0500 e. The highest BCUT2D eigenvalue weighted by molar-refractivity contribution is 6.31. The van der Waals surface area contributed by atoms with E-state index in [1.807, 2.05) is 49.4 Å². The monoisotopic (exact) mass is 260 g/mol. The van der Waals surface area contributed by atoms with Crippen LogP contribution in [0.2, 0.25) is 5.02 Å². The zero-order valence-corrected chi connectivity index (χ0v) is 11.3. The third kappa shape index (κ3) is 2.77. The van der Waals surface area contributed by atoms with E-state index in [1.54, 1.807) is 0 Å². The Labute approximate surface area is 113 Å². The summed E-state index contributed by atoms with van der Waals surface area (Å²) in [5.41, 5.74) is 9.83. The molecule has 0 saturated heterocycles. The lowest BCUT2D eigenvalue weighted by Crippen LogP contribution is -2.07. The number of nitrogens with two attached hydrogens (primary N) is 1. The lowest BCUT2D eigenvalue weighted by molar-refractivity contribution is 0.885. The summed E-state index contributed by atoms with van der Waals surface area (Å²) in [5.74, 6) is 0. The van der Waals surface area contributed by atoms with E-state index in [-0.39, 0.29) is 6.04 Å². The van der Waals surface area contributed by atoms with Crippen LogP contribution in [0.1, 0.15) is 24.1 Å². The Kier molecular flexibility index (Phi) is 3.78. The molecule has 0 aliphatic rings. The van der Waals surface area contributed by atoms with Crippen molar-refractivity contribution in [3.8, 4) is 0 Å². The number of aryl methyl sites for hydroxylation is 1. The van der Waals surface area contributed by atoms with Gasteiger partial charge in [0, 0.05) is 22.4 Å². The average molecular weight is 261 g/mol. The number of anilines is 2. The van der Waals surface area contributed by atoms with Crippen molar-refractivity contribution in [3.63, 3.8) is 0 Å². The van der Waals surface area contributed by atoms with E-state index in [9.17, 15) is 0 Å². The summed E-state index contributed by atoms with van der Waals surface area (Å²) in [6.45, 7) is 4.09. The zero-order chi connectivity index (χ0) is 13.1. The molecule has 1 unspecified atom stereocenters. The highest BCUT2D eigenvalue weighted by Gasteiger charge is 2.09. The third-order valence-electron chi connectivity index (χ3n) is 3.02. The molecule has 0 spiro atoms. The lowest BCUT2D eigenvalue weighted by atomic mass is 10.1. The van der Waals surface area contributed by atoms with Crippen LogP contribution in [0.5, 0.6) is 0 Å². The van der Waals surface area contributed by atoms with Gasteiger partial charge in [0.15, 0.2) is 0 Å². The van der Waals surface area contributed by atoms with Crippen LogP contribution in [0.25, 0.3) is 0 Å². The highest BCUT2D eigenvalue weighted by atomic mass is 35.5. The minimum Gasteiger partial charge on any atom is -0.399 e. The maximum absolute atomic E-state index is 6.18. The number of benzene rings is 2. The normalized spacial score (nSPS) is 12.2. The van der Waals surface area contributed by atoms with E-state index in [0.29, 0.717) is 0 Å². The summed E-state index contributed by atoms with van der Waals surface area (Å²) in [6, 6.07) is 14.0. The van der Waals surface area contributed by atoms with Crippen molar-refractivity contribution in [3.05, 3.63) is 58.6 Å². The van der Waals surface area contributed by atoms with E-state index in [2.05, 4.69) is 12.2 Å². The average Bonchev–Trinajstić information content (AvgIpc) is 2.34. The molecule has 3 N–H and O–H groups in total. The summed E-state index contributed by atoms with van der Waals surface area (Å²) >= 11 is 6.18. The van der Waals surface area contributed by atoms with E-state index < -0.39 is 0 Å². The number of rotatable bonds is 3. The Morgan fingerprint density at radius 3 is 2.56 bits per heavy atom. The van der Waals surface area contributed by atoms with Crippen molar-refractivity contribution in [1.82, 2.24) is 0 Å². The fraction of sp³-hybridized carbons (Fsp3) is 0.200. The third-order valence-corrected chi connectivity index (χ3v) is 3.37. The minimum absolute atomic E-state index is 0.154. The SMILES string of the molecule is Cc1cc(NC(C)c2ccccc2Cl)ccc1N. The predicted octanol–water partition coefficient (Wildman–Crippen LogP) is 4.40. The van der Waals surface area contributed by atoms with Gasteiger partial charge in [0.1, 0.15) is 0 Å². The Morgan fingerprint density at radius 2 is 1.89 bits per heavy atom. The molecule has 18 heavy (non-hydrogen) atoms. The van der Waals surface area contributed by atoms with Crippen molar-refractivity contribution in [1.29, 1.82) is 0 Å². The molecule has 0 aromatic heterocycles. The molecule has 0 saturated carbocycles. The first kappa shape index (κ1) is 12.8. The molecule has 2 aromatic carbocycles. The Balaban J connectivity index is 2.19. The molecule has 0 radical (unpaired) electrons. The fourth-order valence-corrected chi connectivity index (χ4v) is 2.22. The molecule has 94 valence electrons. The molecule has 0 aliphatic carbocycles. The van der Waals surface area contributed by atoms with Gasteiger partial charge in [-0.1, -0.05) is 29.8 Å². The lowest BCUT2D eigenvalue weighted by Gasteiger charge is -2.17. The van der Waals surface area contributed by atoms with Gasteiger partial charge in [-0.25, -0.2) is 0 Å². The molecular weight excluding hydrogens is 244 g/mol. The maximum atomic E-state index is 6.18. The molecule has 0 fully saturated rings. The van der Waals surface area contributed by atoms with Crippen LogP contribution in [0.15, 0.2) is 42.5 Å². The first-order valence-corrected chi connectivity index (χ1v) is 6.33. The molecule has 2 aromatic rings. The van der Waals surface area contributed by atoms with Gasteiger partial charge in [0.2, 0.25) is 0 Å². The van der Waals surface area contributed by atoms with Crippen LogP contribution in [0.4, 0.5) is 11.4 Å². The maximum Gasteiger partial charge on any atom is 0.0500 e. The molecule has 0 heterocycles. The number of hydrogen-bond acceptors (Lipinski definition) is 2. The Bertz CT molecular complexity index is 552. The fourth-order valence-electron chi connectivity index (χ4n) is 1.92. The van der Waals surface area contributed by atoms with Crippen molar-refractivity contribution in [2.75, 3.05) is 11.1 Å². The van der Waals surface area contributed by atoms with Gasteiger partial charge in [-0.05, 0) is 49.2 Å². The van der Waals surface area contributed by atoms with Crippen LogP contribution in [-0.4, -0.2) is 0 Å². The van der Waals surface area contributed by atoms with E-state index >= 15 is 0 Å². The number of nitrogen functional groups attached to an aromatic ring is 1. The van der Waals surface area contributed by atoms with Crippen LogP contribution in [0.3, 0.4) is 0 Å². The van der Waals surface area contributed by atoms with Crippen molar-refractivity contribution in [2.24, 2.45) is 0 Å². The van der Waals surface area contributed by atoms with Crippen LogP contribution >= 0.6 is 11.6 Å². The summed E-state index contributed by atoms with van der Waals surface area (Å²) in [6.07, 6.45) is 0. The van der Waals surface area contributed by atoms with Gasteiger partial charge in [-0.2, -0.15) is 0 Å². The second-order valence-electron chi connectivity index (χ2n) is 4.46. The van der Waals surface area contributed by atoms with E-state index in [1.165, 1.54) is 0 Å². The number of hydrogen-bond donors (Lipinski definition) is 2. The standard InChI is InChI=1S/C15H17ClN2/c1-10-9-12(7-8-15(10)17)18-11(2)13-5-3-4-6-14(13)16/h3-9,11,18H,17H2,1-2H3.